The second-order valence-corrected chi connectivity index (χ2v) is 3.04. The van der Waals surface area contributed by atoms with Gasteiger partial charge < -0.3 is 9.67 Å². The first-order valence-electron chi connectivity index (χ1n) is 4.02. The van der Waals surface area contributed by atoms with Crippen LogP contribution in [0.2, 0.25) is 0 Å². The van der Waals surface area contributed by atoms with E-state index in [0.29, 0.717) is 6.42 Å². The number of carboxylic acid groups (broad SMARTS) is 1. The third-order valence-electron chi connectivity index (χ3n) is 2.20. The molecule has 0 aromatic carbocycles. The fourth-order valence-corrected chi connectivity index (χ4v) is 1.46. The van der Waals surface area contributed by atoms with Crippen LogP contribution in [0.15, 0.2) is 24.8 Å². The molecule has 1 aromatic heterocycles. The smallest absolute Gasteiger partial charge is 0.310 e. The molecule has 0 spiro atoms. The third-order valence-corrected chi connectivity index (χ3v) is 2.20. The van der Waals surface area contributed by atoms with Crippen LogP contribution in [0.5, 0.6) is 0 Å². The number of aromatic nitrogens is 3. The quantitative estimate of drug-likeness (QED) is 0.670. The third kappa shape index (κ3) is 1.44. The fourth-order valence-electron chi connectivity index (χ4n) is 1.46. The van der Waals surface area contributed by atoms with Crippen molar-refractivity contribution in [1.82, 2.24) is 14.8 Å². The van der Waals surface area contributed by atoms with E-state index in [9.17, 15) is 4.79 Å². The largest absolute Gasteiger partial charge is 0.481 e. The minimum atomic E-state index is -0.771. The molecule has 2 rings (SSSR count). The van der Waals surface area contributed by atoms with E-state index in [4.69, 9.17) is 5.11 Å². The number of carbonyl (C=O) groups is 1. The number of rotatable bonds is 2. The summed E-state index contributed by atoms with van der Waals surface area (Å²) < 4.78 is 1.80. The lowest BCUT2D eigenvalue weighted by atomic mass is 10.1. The zero-order valence-corrected chi connectivity index (χ0v) is 6.87. The van der Waals surface area contributed by atoms with Crippen LogP contribution < -0.4 is 0 Å². The van der Waals surface area contributed by atoms with E-state index in [1.807, 2.05) is 6.08 Å². The Morgan fingerprint density at radius 3 is 2.62 bits per heavy atom. The molecule has 0 amide bonds. The van der Waals surface area contributed by atoms with Gasteiger partial charge >= 0.3 is 5.97 Å². The molecule has 0 bridgehead atoms. The average molecular weight is 179 g/mol. The number of aliphatic carboxylic acids is 1. The van der Waals surface area contributed by atoms with Gasteiger partial charge in [0.1, 0.15) is 12.7 Å². The van der Waals surface area contributed by atoms with E-state index in [1.165, 1.54) is 0 Å². The van der Waals surface area contributed by atoms with Crippen LogP contribution in [0.4, 0.5) is 0 Å². The first-order valence-corrected chi connectivity index (χ1v) is 4.02. The Bertz CT molecular complexity index is 331. The lowest BCUT2D eigenvalue weighted by Crippen LogP contribution is -2.11. The minimum Gasteiger partial charge on any atom is -0.481 e. The highest BCUT2D eigenvalue weighted by Crippen LogP contribution is 2.27. The molecule has 1 heterocycles. The Kier molecular flexibility index (Phi) is 1.84. The van der Waals surface area contributed by atoms with Crippen molar-refractivity contribution >= 4 is 5.97 Å². The molecule has 1 aromatic rings. The second kappa shape index (κ2) is 3.01. The maximum absolute atomic E-state index is 10.6. The van der Waals surface area contributed by atoms with E-state index in [1.54, 1.807) is 23.3 Å². The van der Waals surface area contributed by atoms with Crippen molar-refractivity contribution in [2.45, 2.75) is 12.5 Å². The highest BCUT2D eigenvalue weighted by molar-refractivity contribution is 5.72. The van der Waals surface area contributed by atoms with Crippen molar-refractivity contribution in [1.29, 1.82) is 0 Å². The van der Waals surface area contributed by atoms with Gasteiger partial charge in [0.2, 0.25) is 0 Å². The van der Waals surface area contributed by atoms with Gasteiger partial charge in [-0.05, 0) is 6.42 Å². The van der Waals surface area contributed by atoms with Crippen LogP contribution in [0.25, 0.3) is 0 Å². The molecule has 5 nitrogen and oxygen atoms in total. The Balaban J connectivity index is 2.09. The SMILES string of the molecule is O=C(O)C1C=CC(n2cnnc2)C1. The summed E-state index contributed by atoms with van der Waals surface area (Å²) >= 11 is 0. The number of nitrogens with zero attached hydrogens (tertiary/aromatic N) is 3. The van der Waals surface area contributed by atoms with Crippen molar-refractivity contribution in [3.63, 3.8) is 0 Å². The summed E-state index contributed by atoms with van der Waals surface area (Å²) in [4.78, 5) is 10.6. The van der Waals surface area contributed by atoms with E-state index < -0.39 is 5.97 Å². The summed E-state index contributed by atoms with van der Waals surface area (Å²) in [6.45, 7) is 0. The van der Waals surface area contributed by atoms with Gasteiger partial charge in [-0.25, -0.2) is 0 Å². The topological polar surface area (TPSA) is 68.0 Å². The standard InChI is InChI=1S/C8H9N3O2/c12-8(13)6-1-2-7(3-6)11-4-9-10-5-11/h1-2,4-7H,3H2,(H,12,13). The molecule has 0 saturated heterocycles. The van der Waals surface area contributed by atoms with E-state index >= 15 is 0 Å². The lowest BCUT2D eigenvalue weighted by Gasteiger charge is -2.08. The van der Waals surface area contributed by atoms with Crippen LogP contribution in [0.3, 0.4) is 0 Å². The predicted molar refractivity (Wildman–Crippen MR) is 43.9 cm³/mol. The summed E-state index contributed by atoms with van der Waals surface area (Å²) in [7, 11) is 0. The summed E-state index contributed by atoms with van der Waals surface area (Å²) in [6, 6.07) is 0.0936. The first-order chi connectivity index (χ1) is 6.27. The Labute approximate surface area is 74.7 Å². The first kappa shape index (κ1) is 7.97. The second-order valence-electron chi connectivity index (χ2n) is 3.04. The molecule has 0 radical (unpaired) electrons. The molecule has 0 saturated carbocycles. The molecule has 0 fully saturated rings. The number of hydrogen-bond acceptors (Lipinski definition) is 3. The molecule has 5 heteroatoms. The van der Waals surface area contributed by atoms with Crippen LogP contribution in [0.1, 0.15) is 12.5 Å². The molecular weight excluding hydrogens is 170 g/mol. The van der Waals surface area contributed by atoms with Crippen molar-refractivity contribution < 1.29 is 9.90 Å². The molecule has 68 valence electrons. The Hall–Kier alpha value is -1.65. The monoisotopic (exact) mass is 179 g/mol. The van der Waals surface area contributed by atoms with Gasteiger partial charge in [-0.1, -0.05) is 12.2 Å². The van der Waals surface area contributed by atoms with Crippen molar-refractivity contribution in [3.05, 3.63) is 24.8 Å². The molecule has 2 atom stereocenters. The molecular formula is C8H9N3O2. The highest BCUT2D eigenvalue weighted by Gasteiger charge is 2.24. The van der Waals surface area contributed by atoms with Crippen molar-refractivity contribution in [2.24, 2.45) is 5.92 Å². The van der Waals surface area contributed by atoms with Crippen molar-refractivity contribution in [3.8, 4) is 0 Å². The Morgan fingerprint density at radius 2 is 2.08 bits per heavy atom. The fraction of sp³-hybridized carbons (Fsp3) is 0.375. The normalized spacial score (nSPS) is 26.5. The highest BCUT2D eigenvalue weighted by atomic mass is 16.4. The van der Waals surface area contributed by atoms with E-state index in [-0.39, 0.29) is 12.0 Å². The van der Waals surface area contributed by atoms with Crippen LogP contribution in [0, 0.1) is 5.92 Å². The van der Waals surface area contributed by atoms with Gasteiger partial charge in [0.15, 0.2) is 0 Å². The maximum atomic E-state index is 10.6. The van der Waals surface area contributed by atoms with Crippen molar-refractivity contribution in [2.75, 3.05) is 0 Å². The van der Waals surface area contributed by atoms with Crippen LogP contribution in [-0.2, 0) is 4.79 Å². The molecule has 1 N–H and O–H groups in total. The number of hydrogen-bond donors (Lipinski definition) is 1. The molecule has 13 heavy (non-hydrogen) atoms. The van der Waals surface area contributed by atoms with Crippen LogP contribution >= 0.6 is 0 Å². The summed E-state index contributed by atoms with van der Waals surface area (Å²) in [5.41, 5.74) is 0. The van der Waals surface area contributed by atoms with Gasteiger partial charge in [-0.3, -0.25) is 4.79 Å². The Morgan fingerprint density at radius 1 is 1.38 bits per heavy atom. The van der Waals surface area contributed by atoms with E-state index in [0.717, 1.165) is 0 Å². The number of allylic oxidation sites excluding steroid dienone is 1. The van der Waals surface area contributed by atoms with Gasteiger partial charge in [-0.2, -0.15) is 0 Å². The molecule has 1 aliphatic carbocycles. The lowest BCUT2D eigenvalue weighted by molar-refractivity contribution is -0.140. The summed E-state index contributed by atoms with van der Waals surface area (Å²) in [5, 5.41) is 16.1. The molecule has 0 aliphatic heterocycles. The van der Waals surface area contributed by atoms with Gasteiger partial charge in [0.05, 0.1) is 12.0 Å². The average Bonchev–Trinajstić information content (AvgIpc) is 2.75. The maximum Gasteiger partial charge on any atom is 0.310 e. The number of carboxylic acids is 1. The van der Waals surface area contributed by atoms with Gasteiger partial charge in [0, 0.05) is 0 Å². The molecule has 1 aliphatic rings. The van der Waals surface area contributed by atoms with Gasteiger partial charge in [0.25, 0.3) is 0 Å². The predicted octanol–water partition coefficient (Wildman–Crippen LogP) is 0.480. The zero-order chi connectivity index (χ0) is 9.26. The minimum absolute atomic E-state index is 0.0936. The van der Waals surface area contributed by atoms with E-state index in [2.05, 4.69) is 10.2 Å². The molecule has 2 unspecified atom stereocenters. The van der Waals surface area contributed by atoms with Crippen LogP contribution in [-0.4, -0.2) is 25.8 Å². The van der Waals surface area contributed by atoms with Gasteiger partial charge in [-0.15, -0.1) is 10.2 Å². The summed E-state index contributed by atoms with van der Waals surface area (Å²) in [5.74, 6) is -1.14. The summed E-state index contributed by atoms with van der Waals surface area (Å²) in [6.07, 6.45) is 7.38. The zero-order valence-electron chi connectivity index (χ0n) is 6.87.